The molecule has 3 rings (SSSR count). The molecule has 4 nitrogen and oxygen atoms in total. The van der Waals surface area contributed by atoms with Gasteiger partial charge in [0.25, 0.3) is 0 Å². The number of nitrogens with zero attached hydrogens (tertiary/aromatic N) is 1. The van der Waals surface area contributed by atoms with Crippen LogP contribution in [0.5, 0.6) is 5.75 Å². The Hall–Kier alpha value is -2.14. The van der Waals surface area contributed by atoms with Gasteiger partial charge in [0, 0.05) is 30.5 Å². The molecule has 0 spiro atoms. The first-order valence-corrected chi connectivity index (χ1v) is 10.5. The minimum atomic E-state index is -0.553. The number of likely N-dealkylation sites (tertiary alicyclic amines) is 1. The minimum Gasteiger partial charge on any atom is -0.497 e. The molecule has 1 aromatic carbocycles. The minimum absolute atomic E-state index is 0.0786. The summed E-state index contributed by atoms with van der Waals surface area (Å²) in [4.78, 5) is 15.3. The first-order chi connectivity index (χ1) is 13.7. The zero-order valence-electron chi connectivity index (χ0n) is 18.1. The molecule has 1 aromatic rings. The Kier molecular flexibility index (Phi) is 6.47. The number of hydrogen-bond acceptors (Lipinski definition) is 4. The molecular formula is C24H32FNO3. The topological polar surface area (TPSA) is 38.8 Å². The van der Waals surface area contributed by atoms with Crippen molar-refractivity contribution in [3.8, 4) is 5.75 Å². The van der Waals surface area contributed by atoms with E-state index in [9.17, 15) is 4.79 Å². The van der Waals surface area contributed by atoms with Crippen LogP contribution in [0, 0.1) is 11.8 Å². The molecule has 1 saturated heterocycles. The van der Waals surface area contributed by atoms with Crippen molar-refractivity contribution >= 4 is 5.97 Å². The van der Waals surface area contributed by atoms with E-state index in [1.807, 2.05) is 6.07 Å². The number of benzene rings is 1. The van der Waals surface area contributed by atoms with Gasteiger partial charge in [0.15, 0.2) is 0 Å². The number of para-hydroxylation sites is 1. The highest BCUT2D eigenvalue weighted by Gasteiger charge is 2.48. The van der Waals surface area contributed by atoms with Crippen LogP contribution >= 0.6 is 0 Å². The summed E-state index contributed by atoms with van der Waals surface area (Å²) < 4.78 is 27.1. The van der Waals surface area contributed by atoms with E-state index in [4.69, 9.17) is 9.47 Å². The summed E-state index contributed by atoms with van der Waals surface area (Å²) in [6.45, 7) is 11.9. The number of fused-ring (bicyclic) bond motifs is 1. The van der Waals surface area contributed by atoms with Crippen molar-refractivity contribution < 1.29 is 18.7 Å². The Morgan fingerprint density at radius 1 is 1.17 bits per heavy atom. The summed E-state index contributed by atoms with van der Waals surface area (Å²) in [5, 5.41) is 0. The number of halogens is 1. The fraction of sp³-hybridized carbons (Fsp3) is 0.542. The smallest absolute Gasteiger partial charge is 0.347 e. The number of hydrogen-bond donors (Lipinski definition) is 0. The highest BCUT2D eigenvalue weighted by molar-refractivity contribution is 5.96. The average molecular weight is 402 g/mol. The quantitative estimate of drug-likeness (QED) is 0.370. The summed E-state index contributed by atoms with van der Waals surface area (Å²) in [5.74, 6) is -0.189. The molecule has 0 N–H and O–H groups in total. The van der Waals surface area contributed by atoms with Crippen LogP contribution < -0.4 is 4.74 Å². The largest absolute Gasteiger partial charge is 0.497 e. The lowest BCUT2D eigenvalue weighted by Crippen LogP contribution is -2.39. The molecule has 2 aliphatic rings. The first-order valence-electron chi connectivity index (χ1n) is 10.5. The summed E-state index contributed by atoms with van der Waals surface area (Å²) in [7, 11) is 0. The van der Waals surface area contributed by atoms with Crippen molar-refractivity contribution in [2.24, 2.45) is 11.8 Å². The van der Waals surface area contributed by atoms with Crippen molar-refractivity contribution in [3.05, 3.63) is 53.1 Å². The predicted molar refractivity (Wildman–Crippen MR) is 112 cm³/mol. The molecule has 1 aliphatic heterocycles. The van der Waals surface area contributed by atoms with Crippen LogP contribution in [0.2, 0.25) is 0 Å². The second-order valence-corrected chi connectivity index (χ2v) is 8.91. The molecule has 2 atom stereocenters. The fourth-order valence-electron chi connectivity index (χ4n) is 4.05. The monoisotopic (exact) mass is 401 g/mol. The van der Waals surface area contributed by atoms with Crippen molar-refractivity contribution in [2.75, 3.05) is 19.7 Å². The molecule has 0 bridgehead atoms. The number of ether oxygens (including phenoxy) is 2. The van der Waals surface area contributed by atoms with Gasteiger partial charge in [-0.05, 0) is 51.8 Å². The van der Waals surface area contributed by atoms with Gasteiger partial charge in [-0.1, -0.05) is 31.5 Å². The molecule has 0 saturated carbocycles. The number of rotatable bonds is 6. The fourth-order valence-corrected chi connectivity index (χ4v) is 4.05. The van der Waals surface area contributed by atoms with Crippen molar-refractivity contribution in [1.82, 2.24) is 4.90 Å². The van der Waals surface area contributed by atoms with Crippen LogP contribution in [-0.2, 0) is 9.53 Å². The molecule has 5 heteroatoms. The predicted octanol–water partition coefficient (Wildman–Crippen LogP) is 5.27. The van der Waals surface area contributed by atoms with Crippen molar-refractivity contribution in [2.45, 2.75) is 53.0 Å². The van der Waals surface area contributed by atoms with Gasteiger partial charge in [-0.2, -0.15) is 0 Å². The zero-order chi connectivity index (χ0) is 21.2. The summed E-state index contributed by atoms with van der Waals surface area (Å²) in [6.07, 6.45) is 1.87. The van der Waals surface area contributed by atoms with Crippen LogP contribution in [0.25, 0.3) is 0 Å². The maximum absolute atomic E-state index is 15.4. The Morgan fingerprint density at radius 2 is 1.83 bits per heavy atom. The molecule has 0 radical (unpaired) electrons. The van der Waals surface area contributed by atoms with E-state index in [1.165, 1.54) is 0 Å². The summed E-state index contributed by atoms with van der Waals surface area (Å²) in [5.41, 5.74) is 0.513. The van der Waals surface area contributed by atoms with E-state index in [0.717, 1.165) is 12.8 Å². The number of carbonyl (C=O) groups excluding carboxylic acids is 1. The molecule has 1 aliphatic carbocycles. The van der Waals surface area contributed by atoms with E-state index < -0.39 is 5.97 Å². The van der Waals surface area contributed by atoms with Crippen LogP contribution in [0.3, 0.4) is 0 Å². The van der Waals surface area contributed by atoms with Gasteiger partial charge in [0.1, 0.15) is 22.9 Å². The van der Waals surface area contributed by atoms with Gasteiger partial charge < -0.3 is 9.47 Å². The molecule has 158 valence electrons. The molecule has 0 amide bonds. The Bertz CT molecular complexity index is 807. The number of esters is 1. The highest BCUT2D eigenvalue weighted by atomic mass is 19.1. The first kappa shape index (κ1) is 21.6. The molecule has 29 heavy (non-hydrogen) atoms. The van der Waals surface area contributed by atoms with Gasteiger partial charge in [-0.15, -0.1) is 0 Å². The third kappa shape index (κ3) is 4.55. The lowest BCUT2D eigenvalue weighted by Gasteiger charge is -2.31. The van der Waals surface area contributed by atoms with E-state index in [-0.39, 0.29) is 28.8 Å². The van der Waals surface area contributed by atoms with E-state index in [0.29, 0.717) is 36.8 Å². The highest BCUT2D eigenvalue weighted by Crippen LogP contribution is 2.46. The van der Waals surface area contributed by atoms with Gasteiger partial charge >= 0.3 is 5.97 Å². The Morgan fingerprint density at radius 3 is 2.45 bits per heavy atom. The normalized spacial score (nSPS) is 22.7. The molecule has 2 unspecified atom stereocenters. The zero-order valence-corrected chi connectivity index (χ0v) is 18.1. The van der Waals surface area contributed by atoms with Crippen LogP contribution in [0.1, 0.15) is 47.5 Å². The van der Waals surface area contributed by atoms with Gasteiger partial charge in [0.2, 0.25) is 0 Å². The summed E-state index contributed by atoms with van der Waals surface area (Å²) in [6, 6.07) is 8.88. The maximum atomic E-state index is 15.4. The maximum Gasteiger partial charge on any atom is 0.347 e. The molecular weight excluding hydrogens is 369 g/mol. The Balaban J connectivity index is 1.98. The average Bonchev–Trinajstić information content (AvgIpc) is 3.12. The van der Waals surface area contributed by atoms with Gasteiger partial charge in [-0.25, -0.2) is 9.18 Å². The van der Waals surface area contributed by atoms with E-state index in [1.54, 1.807) is 31.2 Å². The second-order valence-electron chi connectivity index (χ2n) is 8.91. The number of carbonyl (C=O) groups is 1. The third-order valence-electron chi connectivity index (χ3n) is 5.82. The second kappa shape index (κ2) is 8.70. The van der Waals surface area contributed by atoms with Gasteiger partial charge in [-0.3, -0.25) is 4.90 Å². The van der Waals surface area contributed by atoms with Gasteiger partial charge in [0.05, 0.1) is 6.61 Å². The van der Waals surface area contributed by atoms with Crippen LogP contribution in [0.15, 0.2) is 53.1 Å². The summed E-state index contributed by atoms with van der Waals surface area (Å²) >= 11 is 0. The SMILES string of the molecule is CCCCOC1=C(C(=O)Oc2ccccc2)C(C)=C(F)C2CN(C(C)(C)C)CC12. The molecule has 1 fully saturated rings. The van der Waals surface area contributed by atoms with Crippen molar-refractivity contribution in [1.29, 1.82) is 0 Å². The van der Waals surface area contributed by atoms with E-state index in [2.05, 4.69) is 32.6 Å². The molecule has 0 aromatic heterocycles. The van der Waals surface area contributed by atoms with Crippen molar-refractivity contribution in [3.63, 3.8) is 0 Å². The molecule has 1 heterocycles. The Labute approximate surface area is 173 Å². The van der Waals surface area contributed by atoms with Crippen LogP contribution in [-0.4, -0.2) is 36.1 Å². The lowest BCUT2D eigenvalue weighted by atomic mass is 9.82. The number of unbranched alkanes of at least 4 members (excludes halogenated alkanes) is 1. The third-order valence-corrected chi connectivity index (χ3v) is 5.82. The lowest BCUT2D eigenvalue weighted by molar-refractivity contribution is -0.130. The standard InChI is InChI=1S/C24H32FNO3/c1-6-7-13-28-22-19-15-26(24(3,4)5)14-18(19)21(25)16(2)20(22)23(27)29-17-11-9-8-10-12-17/h8-12,18-19H,6-7,13-15H2,1-5H3. The van der Waals surface area contributed by atoms with Crippen LogP contribution in [0.4, 0.5) is 4.39 Å². The van der Waals surface area contributed by atoms with E-state index >= 15 is 4.39 Å².